The molecule has 60 valence electrons. The van der Waals surface area contributed by atoms with Crippen LogP contribution in [0.15, 0.2) is 0 Å². The normalized spacial score (nSPS) is 10.3. The Labute approximate surface area is 61.6 Å². The molecule has 0 amide bonds. The van der Waals surface area contributed by atoms with Gasteiger partial charge in [0, 0.05) is 17.8 Å². The second kappa shape index (κ2) is 5.21. The van der Waals surface area contributed by atoms with Crippen LogP contribution in [0.3, 0.4) is 0 Å². The van der Waals surface area contributed by atoms with Crippen molar-refractivity contribution in [3.8, 4) is 0 Å². The largest absolute Gasteiger partial charge is 0.264 e. The third kappa shape index (κ3) is 3.43. The summed E-state index contributed by atoms with van der Waals surface area (Å²) in [6.07, 6.45) is 3.26. The van der Waals surface area contributed by atoms with Crippen LogP contribution in [0.25, 0.3) is 0 Å². The van der Waals surface area contributed by atoms with Gasteiger partial charge in [0.15, 0.2) is 0 Å². The quantitative estimate of drug-likeness (QED) is 0.439. The summed E-state index contributed by atoms with van der Waals surface area (Å²) in [5.74, 6) is 0. The molecule has 10 heavy (non-hydrogen) atoms. The Morgan fingerprint density at radius 2 is 1.70 bits per heavy atom. The first-order valence-corrected chi connectivity index (χ1v) is 3.85. The van der Waals surface area contributed by atoms with Crippen LogP contribution in [0.5, 0.6) is 0 Å². The summed E-state index contributed by atoms with van der Waals surface area (Å²) in [7, 11) is 0. The lowest BCUT2D eigenvalue weighted by atomic mass is 10.1. The average Bonchev–Trinajstić information content (AvgIpc) is 1.87. The van der Waals surface area contributed by atoms with Crippen molar-refractivity contribution >= 4 is 0 Å². The van der Waals surface area contributed by atoms with E-state index < -0.39 is 0 Å². The molecule has 0 aromatic rings. The van der Waals surface area contributed by atoms with E-state index in [0.717, 1.165) is 25.7 Å². The Morgan fingerprint density at radius 1 is 1.30 bits per heavy atom. The molecule has 0 fully saturated rings. The molecule has 0 atom stereocenters. The van der Waals surface area contributed by atoms with Gasteiger partial charge in [0.2, 0.25) is 6.04 Å². The van der Waals surface area contributed by atoms with Gasteiger partial charge >= 0.3 is 0 Å². The molecule has 0 N–H and O–H groups in total. The second-order valence-corrected chi connectivity index (χ2v) is 2.52. The van der Waals surface area contributed by atoms with Crippen LogP contribution in [-0.2, 0) is 0 Å². The highest BCUT2D eigenvalue weighted by molar-refractivity contribution is 4.53. The van der Waals surface area contributed by atoms with Gasteiger partial charge in [-0.05, 0) is 12.8 Å². The molecule has 0 unspecified atom stereocenters. The maximum atomic E-state index is 10.3. The summed E-state index contributed by atoms with van der Waals surface area (Å²) >= 11 is 0. The molecule has 0 spiro atoms. The molecule has 0 saturated carbocycles. The lowest BCUT2D eigenvalue weighted by Crippen LogP contribution is -2.18. The van der Waals surface area contributed by atoms with Crippen molar-refractivity contribution in [3.05, 3.63) is 10.1 Å². The summed E-state index contributed by atoms with van der Waals surface area (Å²) in [4.78, 5) is 10.1. The van der Waals surface area contributed by atoms with Gasteiger partial charge in [0.25, 0.3) is 0 Å². The molecule has 0 radical (unpaired) electrons. The van der Waals surface area contributed by atoms with Crippen molar-refractivity contribution in [2.24, 2.45) is 0 Å². The maximum Gasteiger partial charge on any atom is 0.213 e. The highest BCUT2D eigenvalue weighted by Gasteiger charge is 2.16. The zero-order chi connectivity index (χ0) is 7.98. The summed E-state index contributed by atoms with van der Waals surface area (Å²) < 4.78 is 0. The first kappa shape index (κ1) is 9.40. The maximum absolute atomic E-state index is 10.3. The average molecular weight is 145 g/mol. The van der Waals surface area contributed by atoms with Crippen molar-refractivity contribution in [3.63, 3.8) is 0 Å². The molecule has 0 aliphatic heterocycles. The highest BCUT2D eigenvalue weighted by atomic mass is 16.6. The smallest absolute Gasteiger partial charge is 0.213 e. The zero-order valence-corrected chi connectivity index (χ0v) is 6.67. The number of hydrogen-bond acceptors (Lipinski definition) is 2. The van der Waals surface area contributed by atoms with Gasteiger partial charge in [0.1, 0.15) is 0 Å². The molecule has 0 rings (SSSR count). The molecule has 3 nitrogen and oxygen atoms in total. The first-order valence-electron chi connectivity index (χ1n) is 3.85. The van der Waals surface area contributed by atoms with E-state index in [2.05, 4.69) is 0 Å². The van der Waals surface area contributed by atoms with E-state index >= 15 is 0 Å². The highest BCUT2D eigenvalue weighted by Crippen LogP contribution is 2.07. The topological polar surface area (TPSA) is 43.1 Å². The number of nitro groups is 1. The molecular weight excluding hydrogens is 130 g/mol. The van der Waals surface area contributed by atoms with Crippen molar-refractivity contribution < 1.29 is 4.92 Å². The molecule has 0 aromatic heterocycles. The SMILES string of the molecule is CCCC(CCC)[N+](=O)[O-]. The van der Waals surface area contributed by atoms with E-state index in [1.165, 1.54) is 0 Å². The van der Waals surface area contributed by atoms with Crippen LogP contribution in [0.1, 0.15) is 39.5 Å². The van der Waals surface area contributed by atoms with Gasteiger partial charge in [-0.1, -0.05) is 13.8 Å². The van der Waals surface area contributed by atoms with Crippen molar-refractivity contribution in [2.45, 2.75) is 45.6 Å². The van der Waals surface area contributed by atoms with Crippen LogP contribution >= 0.6 is 0 Å². The van der Waals surface area contributed by atoms with Gasteiger partial charge in [-0.2, -0.15) is 0 Å². The monoisotopic (exact) mass is 145 g/mol. The number of nitrogens with zero attached hydrogens (tertiary/aromatic N) is 1. The van der Waals surface area contributed by atoms with Gasteiger partial charge in [-0.3, -0.25) is 10.1 Å². The summed E-state index contributed by atoms with van der Waals surface area (Å²) in [5, 5.41) is 10.3. The molecule has 0 aliphatic carbocycles. The first-order chi connectivity index (χ1) is 4.72. The third-order valence-corrected chi connectivity index (χ3v) is 1.54. The number of hydrogen-bond donors (Lipinski definition) is 0. The van der Waals surface area contributed by atoms with Gasteiger partial charge in [-0.15, -0.1) is 0 Å². The summed E-state index contributed by atoms with van der Waals surface area (Å²) in [5.41, 5.74) is 0. The Kier molecular flexibility index (Phi) is 4.89. The summed E-state index contributed by atoms with van der Waals surface area (Å²) in [6.45, 7) is 3.96. The summed E-state index contributed by atoms with van der Waals surface area (Å²) in [6, 6.07) is -0.296. The molecule has 0 aliphatic rings. The second-order valence-electron chi connectivity index (χ2n) is 2.52. The van der Waals surface area contributed by atoms with Crippen LogP contribution in [0, 0.1) is 10.1 Å². The minimum Gasteiger partial charge on any atom is -0.264 e. The van der Waals surface area contributed by atoms with E-state index in [0.29, 0.717) is 0 Å². The lowest BCUT2D eigenvalue weighted by molar-refractivity contribution is -0.524. The van der Waals surface area contributed by atoms with E-state index in [-0.39, 0.29) is 11.0 Å². The zero-order valence-electron chi connectivity index (χ0n) is 6.67. The number of rotatable bonds is 5. The van der Waals surface area contributed by atoms with Crippen LogP contribution < -0.4 is 0 Å². The van der Waals surface area contributed by atoms with Gasteiger partial charge in [-0.25, -0.2) is 0 Å². The lowest BCUT2D eigenvalue weighted by Gasteiger charge is -2.04. The third-order valence-electron chi connectivity index (χ3n) is 1.54. The molecule has 0 bridgehead atoms. The fourth-order valence-electron chi connectivity index (χ4n) is 1.02. The predicted octanol–water partition coefficient (Wildman–Crippen LogP) is 2.23. The fraction of sp³-hybridized carbons (Fsp3) is 1.00. The molecule has 3 heteroatoms. The predicted molar refractivity (Wildman–Crippen MR) is 40.6 cm³/mol. The van der Waals surface area contributed by atoms with Crippen LogP contribution in [-0.4, -0.2) is 11.0 Å². The molecule has 0 aromatic carbocycles. The van der Waals surface area contributed by atoms with E-state index in [1.54, 1.807) is 0 Å². The Morgan fingerprint density at radius 3 is 1.90 bits per heavy atom. The van der Waals surface area contributed by atoms with Gasteiger partial charge < -0.3 is 0 Å². The van der Waals surface area contributed by atoms with Gasteiger partial charge in [0.05, 0.1) is 0 Å². The van der Waals surface area contributed by atoms with Crippen molar-refractivity contribution in [2.75, 3.05) is 0 Å². The molecular formula is C7H15NO2. The Hall–Kier alpha value is -0.600. The Balaban J connectivity index is 3.61. The minimum atomic E-state index is -0.296. The Bertz CT molecular complexity index is 97.8. The molecule has 0 saturated heterocycles. The van der Waals surface area contributed by atoms with E-state index in [4.69, 9.17) is 0 Å². The van der Waals surface area contributed by atoms with Crippen molar-refractivity contribution in [1.82, 2.24) is 0 Å². The fourth-order valence-corrected chi connectivity index (χ4v) is 1.02. The molecule has 0 heterocycles. The van der Waals surface area contributed by atoms with Crippen LogP contribution in [0.4, 0.5) is 0 Å². The van der Waals surface area contributed by atoms with Crippen molar-refractivity contribution in [1.29, 1.82) is 0 Å². The van der Waals surface area contributed by atoms with E-state index in [9.17, 15) is 10.1 Å². The standard InChI is InChI=1S/C7H15NO2/c1-3-5-7(6-4-2)8(9)10/h7H,3-6H2,1-2H3. The van der Waals surface area contributed by atoms with Crippen LogP contribution in [0.2, 0.25) is 0 Å². The minimum absolute atomic E-state index is 0.160. The van der Waals surface area contributed by atoms with E-state index in [1.807, 2.05) is 13.8 Å².